The van der Waals surface area contributed by atoms with E-state index in [1.54, 1.807) is 24.3 Å². The number of hydrogen-bond acceptors (Lipinski definition) is 3. The minimum absolute atomic E-state index is 0.158. The Morgan fingerprint density at radius 2 is 1.67 bits per heavy atom. The Hall–Kier alpha value is -2.32. The van der Waals surface area contributed by atoms with Gasteiger partial charge in [-0.25, -0.2) is 21.9 Å². The highest BCUT2D eigenvalue weighted by Crippen LogP contribution is 2.35. The number of sulfone groups is 1. The third-order valence-corrected chi connectivity index (χ3v) is 5.99. The lowest BCUT2D eigenvalue weighted by Gasteiger charge is -2.07. The van der Waals surface area contributed by atoms with Crippen molar-refractivity contribution in [2.75, 3.05) is 6.26 Å². The van der Waals surface area contributed by atoms with Gasteiger partial charge in [-0.15, -0.1) is 0 Å². The van der Waals surface area contributed by atoms with E-state index in [0.717, 1.165) is 21.5 Å². The maximum atomic E-state index is 13.5. The summed E-state index contributed by atoms with van der Waals surface area (Å²) in [5.41, 5.74) is 0.763. The lowest BCUT2D eigenvalue weighted by atomic mass is 10.1. The molecule has 0 atom stereocenters. The lowest BCUT2D eigenvalue weighted by Crippen LogP contribution is -2.00. The largest absolute Gasteiger partial charge is 0.282 e. The molecule has 0 fully saturated rings. The zero-order valence-electron chi connectivity index (χ0n) is 14.0. The second kappa shape index (κ2) is 6.38. The molecule has 4 aromatic rings. The highest BCUT2D eigenvalue weighted by Gasteiger charge is 2.21. The summed E-state index contributed by atoms with van der Waals surface area (Å²) in [5.74, 6) is 0. The summed E-state index contributed by atoms with van der Waals surface area (Å²) in [6.45, 7) is 0. The molecule has 3 aromatic carbocycles. The van der Waals surface area contributed by atoms with E-state index >= 15 is 0 Å². The molecule has 4 rings (SSSR count). The monoisotopic (exact) mass is 450 g/mol. The zero-order chi connectivity index (χ0) is 19.3. The Balaban J connectivity index is 2.04. The van der Waals surface area contributed by atoms with E-state index < -0.39 is 16.3 Å². The van der Waals surface area contributed by atoms with Crippen LogP contribution in [-0.4, -0.2) is 24.5 Å². The number of hydrogen-bond donors (Lipinski definition) is 0. The zero-order valence-corrected chi connectivity index (χ0v) is 16.4. The highest BCUT2D eigenvalue weighted by molar-refractivity contribution is 9.10. The third-order valence-electron chi connectivity index (χ3n) is 4.37. The lowest BCUT2D eigenvalue weighted by molar-refractivity contribution is 0.147. The van der Waals surface area contributed by atoms with Crippen LogP contribution >= 0.6 is 15.9 Å². The number of benzene rings is 3. The molecule has 1 heterocycles. The highest BCUT2D eigenvalue weighted by atomic mass is 79.9. The Bertz CT molecular complexity index is 1280. The van der Waals surface area contributed by atoms with Gasteiger partial charge in [0, 0.05) is 21.5 Å². The first kappa shape index (κ1) is 18.1. The Morgan fingerprint density at radius 3 is 2.30 bits per heavy atom. The fourth-order valence-electron chi connectivity index (χ4n) is 3.11. The summed E-state index contributed by atoms with van der Waals surface area (Å²) in [6, 6.07) is 15.0. The fourth-order valence-corrected chi connectivity index (χ4v) is 4.12. The summed E-state index contributed by atoms with van der Waals surface area (Å²) in [4.78, 5) is 0.158. The molecule has 0 aliphatic rings. The number of alkyl halides is 2. The van der Waals surface area contributed by atoms with E-state index in [1.165, 1.54) is 16.8 Å². The average Bonchev–Trinajstić information content (AvgIpc) is 3.01. The van der Waals surface area contributed by atoms with Crippen LogP contribution in [0.15, 0.2) is 64.0 Å². The van der Waals surface area contributed by atoms with Gasteiger partial charge in [0.2, 0.25) is 0 Å². The van der Waals surface area contributed by atoms with Gasteiger partial charge in [-0.1, -0.05) is 34.1 Å². The first-order valence-electron chi connectivity index (χ1n) is 7.95. The quantitative estimate of drug-likeness (QED) is 0.426. The maximum Gasteiger partial charge on any atom is 0.282 e. The summed E-state index contributed by atoms with van der Waals surface area (Å²) >= 11 is 3.42. The van der Waals surface area contributed by atoms with Gasteiger partial charge >= 0.3 is 0 Å². The van der Waals surface area contributed by atoms with E-state index in [1.807, 2.05) is 18.2 Å². The van der Waals surface area contributed by atoms with Crippen LogP contribution in [0, 0.1) is 0 Å². The van der Waals surface area contributed by atoms with Gasteiger partial charge in [-0.2, -0.15) is 5.10 Å². The molecule has 0 unspecified atom stereocenters. The van der Waals surface area contributed by atoms with Crippen LogP contribution in [0.3, 0.4) is 0 Å². The van der Waals surface area contributed by atoms with Crippen molar-refractivity contribution in [2.45, 2.75) is 11.3 Å². The van der Waals surface area contributed by atoms with Crippen LogP contribution in [0.1, 0.15) is 12.1 Å². The van der Waals surface area contributed by atoms with Crippen molar-refractivity contribution in [3.8, 4) is 5.69 Å². The Kier molecular flexibility index (Phi) is 4.27. The van der Waals surface area contributed by atoms with Gasteiger partial charge in [-0.3, -0.25) is 0 Å². The molecule has 0 aliphatic heterocycles. The van der Waals surface area contributed by atoms with Gasteiger partial charge in [-0.05, 0) is 41.8 Å². The van der Waals surface area contributed by atoms with Crippen LogP contribution in [0.5, 0.6) is 0 Å². The molecule has 0 N–H and O–H groups in total. The molecule has 0 bridgehead atoms. The Morgan fingerprint density at radius 1 is 1.00 bits per heavy atom. The third kappa shape index (κ3) is 3.12. The van der Waals surface area contributed by atoms with Crippen molar-refractivity contribution in [3.63, 3.8) is 0 Å². The van der Waals surface area contributed by atoms with Crippen LogP contribution in [0.4, 0.5) is 8.78 Å². The van der Waals surface area contributed by atoms with E-state index in [2.05, 4.69) is 21.0 Å². The van der Waals surface area contributed by atoms with E-state index in [0.29, 0.717) is 16.6 Å². The summed E-state index contributed by atoms with van der Waals surface area (Å²) < 4.78 is 52.8. The molecule has 27 heavy (non-hydrogen) atoms. The number of rotatable bonds is 3. The van der Waals surface area contributed by atoms with Crippen molar-refractivity contribution < 1.29 is 17.2 Å². The van der Waals surface area contributed by atoms with Crippen LogP contribution < -0.4 is 0 Å². The van der Waals surface area contributed by atoms with Gasteiger partial charge in [0.25, 0.3) is 6.43 Å². The molecular weight excluding hydrogens is 438 g/mol. The van der Waals surface area contributed by atoms with Gasteiger partial charge in [0.1, 0.15) is 5.69 Å². The number of nitrogens with zero attached hydrogens (tertiary/aromatic N) is 2. The summed E-state index contributed by atoms with van der Waals surface area (Å²) in [5, 5.41) is 6.16. The molecule has 8 heteroatoms. The minimum Gasteiger partial charge on any atom is -0.232 e. The van der Waals surface area contributed by atoms with Crippen molar-refractivity contribution in [2.24, 2.45) is 0 Å². The fraction of sp³-hybridized carbons (Fsp3) is 0.105. The minimum atomic E-state index is -3.35. The molecule has 0 saturated carbocycles. The van der Waals surface area contributed by atoms with Crippen molar-refractivity contribution in [1.29, 1.82) is 0 Å². The summed E-state index contributed by atoms with van der Waals surface area (Å²) in [7, 11) is -3.35. The normalized spacial score (nSPS) is 12.3. The van der Waals surface area contributed by atoms with Crippen LogP contribution in [0.2, 0.25) is 0 Å². The smallest absolute Gasteiger partial charge is 0.232 e. The van der Waals surface area contributed by atoms with Crippen LogP contribution in [0.25, 0.3) is 27.4 Å². The molecule has 4 nitrogen and oxygen atoms in total. The van der Waals surface area contributed by atoms with E-state index in [9.17, 15) is 17.2 Å². The predicted molar refractivity (Wildman–Crippen MR) is 104 cm³/mol. The number of fused-ring (bicyclic) bond motifs is 3. The van der Waals surface area contributed by atoms with Crippen molar-refractivity contribution in [1.82, 2.24) is 9.78 Å². The molecule has 0 saturated heterocycles. The van der Waals surface area contributed by atoms with E-state index in [4.69, 9.17) is 0 Å². The van der Waals surface area contributed by atoms with Gasteiger partial charge in [0.05, 0.1) is 16.1 Å². The first-order valence-corrected chi connectivity index (χ1v) is 10.6. The maximum absolute atomic E-state index is 13.5. The molecule has 0 spiro atoms. The number of halogens is 3. The van der Waals surface area contributed by atoms with Crippen molar-refractivity contribution >= 4 is 47.4 Å². The van der Waals surface area contributed by atoms with Crippen molar-refractivity contribution in [3.05, 3.63) is 64.8 Å². The van der Waals surface area contributed by atoms with E-state index in [-0.39, 0.29) is 10.6 Å². The topological polar surface area (TPSA) is 52.0 Å². The molecule has 1 aromatic heterocycles. The molecule has 0 amide bonds. The predicted octanol–water partition coefficient (Wildman–Crippen LogP) is 5.28. The molecule has 138 valence electrons. The van der Waals surface area contributed by atoms with Crippen LogP contribution in [-0.2, 0) is 9.84 Å². The molecule has 0 aliphatic carbocycles. The number of aromatic nitrogens is 2. The average molecular weight is 451 g/mol. The second-order valence-corrected chi connectivity index (χ2v) is 9.12. The van der Waals surface area contributed by atoms with Gasteiger partial charge in [0.15, 0.2) is 9.84 Å². The molecular formula is C19H13BrF2N2O2S. The second-order valence-electron chi connectivity index (χ2n) is 6.19. The standard InChI is InChI=1S/C19H13BrF2N2O2S/c1-27(25,26)14-6-4-13(5-7-14)24-18-15-9-3-12(20)10-11(15)2-8-16(18)17(23-24)19(21)22/h2-10,19H,1H3. The SMILES string of the molecule is CS(=O)(=O)c1ccc(-n2nc(C(F)F)c3ccc4cc(Br)ccc4c32)cc1. The van der Waals surface area contributed by atoms with Gasteiger partial charge < -0.3 is 0 Å². The first-order chi connectivity index (χ1) is 12.8. The summed E-state index contributed by atoms with van der Waals surface area (Å²) in [6.07, 6.45) is -1.61. The Labute approximate surface area is 162 Å². The molecule has 0 radical (unpaired) electrons.